The second kappa shape index (κ2) is 6.94. The van der Waals surface area contributed by atoms with Crippen molar-refractivity contribution in [2.75, 3.05) is 18.4 Å². The van der Waals surface area contributed by atoms with E-state index in [2.05, 4.69) is 23.6 Å². The minimum atomic E-state index is -0.0716. The Balaban J connectivity index is 2.35. The van der Waals surface area contributed by atoms with Gasteiger partial charge in [-0.2, -0.15) is 0 Å². The van der Waals surface area contributed by atoms with Gasteiger partial charge in [-0.3, -0.25) is 4.79 Å². The van der Waals surface area contributed by atoms with E-state index >= 15 is 0 Å². The Kier molecular flexibility index (Phi) is 5.23. The van der Waals surface area contributed by atoms with Gasteiger partial charge >= 0.3 is 0 Å². The quantitative estimate of drug-likeness (QED) is 0.895. The SMILES string of the molecule is CC(=O)Nc1cc(C)c(C2CCNCC2)cc1OC(C)C. The zero-order valence-corrected chi connectivity index (χ0v) is 13.5. The van der Waals surface area contributed by atoms with Crippen molar-refractivity contribution in [2.45, 2.75) is 52.6 Å². The summed E-state index contributed by atoms with van der Waals surface area (Å²) in [4.78, 5) is 11.4. The fraction of sp³-hybridized carbons (Fsp3) is 0.588. The third-order valence-electron chi connectivity index (χ3n) is 3.82. The van der Waals surface area contributed by atoms with Crippen LogP contribution in [0.15, 0.2) is 12.1 Å². The van der Waals surface area contributed by atoms with E-state index in [1.54, 1.807) is 0 Å². The second-order valence-electron chi connectivity index (χ2n) is 6.08. The van der Waals surface area contributed by atoms with Gasteiger partial charge in [-0.15, -0.1) is 0 Å². The molecule has 0 radical (unpaired) electrons. The molecule has 0 saturated carbocycles. The number of benzene rings is 1. The average molecular weight is 290 g/mol. The number of aryl methyl sites for hydroxylation is 1. The molecule has 2 rings (SSSR count). The molecule has 4 heteroatoms. The first-order valence-electron chi connectivity index (χ1n) is 7.77. The molecular weight excluding hydrogens is 264 g/mol. The maximum absolute atomic E-state index is 11.4. The number of carbonyl (C=O) groups excluding carboxylic acids is 1. The molecule has 0 aliphatic carbocycles. The van der Waals surface area contributed by atoms with E-state index in [4.69, 9.17) is 4.74 Å². The highest BCUT2D eigenvalue weighted by atomic mass is 16.5. The number of ether oxygens (including phenoxy) is 1. The molecule has 1 fully saturated rings. The summed E-state index contributed by atoms with van der Waals surface area (Å²) in [5.41, 5.74) is 3.34. The zero-order chi connectivity index (χ0) is 15.4. The van der Waals surface area contributed by atoms with Gasteiger partial charge in [0, 0.05) is 6.92 Å². The van der Waals surface area contributed by atoms with Crippen molar-refractivity contribution in [3.05, 3.63) is 23.3 Å². The first-order chi connectivity index (χ1) is 9.97. The number of hydrogen-bond donors (Lipinski definition) is 2. The molecule has 1 aromatic rings. The van der Waals surface area contributed by atoms with E-state index in [0.717, 1.165) is 37.4 Å². The Morgan fingerprint density at radius 3 is 2.57 bits per heavy atom. The molecule has 21 heavy (non-hydrogen) atoms. The lowest BCUT2D eigenvalue weighted by atomic mass is 9.87. The number of carbonyl (C=O) groups is 1. The third-order valence-corrected chi connectivity index (χ3v) is 3.82. The van der Waals surface area contributed by atoms with Gasteiger partial charge in [0.15, 0.2) is 0 Å². The van der Waals surface area contributed by atoms with Crippen LogP contribution in [0.25, 0.3) is 0 Å². The van der Waals surface area contributed by atoms with E-state index < -0.39 is 0 Å². The Morgan fingerprint density at radius 1 is 1.33 bits per heavy atom. The van der Waals surface area contributed by atoms with Crippen LogP contribution in [0.1, 0.15) is 50.7 Å². The molecule has 4 nitrogen and oxygen atoms in total. The molecule has 1 amide bonds. The van der Waals surface area contributed by atoms with E-state index in [-0.39, 0.29) is 12.0 Å². The van der Waals surface area contributed by atoms with Crippen molar-refractivity contribution in [1.29, 1.82) is 0 Å². The number of piperidine rings is 1. The summed E-state index contributed by atoms with van der Waals surface area (Å²) in [5, 5.41) is 6.27. The zero-order valence-electron chi connectivity index (χ0n) is 13.5. The van der Waals surface area contributed by atoms with Crippen molar-refractivity contribution in [3.63, 3.8) is 0 Å². The highest BCUT2D eigenvalue weighted by Gasteiger charge is 2.20. The number of anilines is 1. The summed E-state index contributed by atoms with van der Waals surface area (Å²) in [6, 6.07) is 4.16. The lowest BCUT2D eigenvalue weighted by Crippen LogP contribution is -2.27. The van der Waals surface area contributed by atoms with Crippen molar-refractivity contribution >= 4 is 11.6 Å². The smallest absolute Gasteiger partial charge is 0.221 e. The number of rotatable bonds is 4. The van der Waals surface area contributed by atoms with Crippen LogP contribution in [0.4, 0.5) is 5.69 Å². The Labute approximate surface area is 127 Å². The van der Waals surface area contributed by atoms with Gasteiger partial charge < -0.3 is 15.4 Å². The molecule has 0 unspecified atom stereocenters. The molecule has 1 saturated heterocycles. The molecular formula is C17H26N2O2. The van der Waals surface area contributed by atoms with Gasteiger partial charge in [0.25, 0.3) is 0 Å². The largest absolute Gasteiger partial charge is 0.489 e. The Morgan fingerprint density at radius 2 is 2.00 bits per heavy atom. The van der Waals surface area contributed by atoms with Crippen molar-refractivity contribution in [1.82, 2.24) is 5.32 Å². The first-order valence-corrected chi connectivity index (χ1v) is 7.77. The summed E-state index contributed by atoms with van der Waals surface area (Å²) in [5.74, 6) is 1.28. The van der Waals surface area contributed by atoms with Crippen molar-refractivity contribution in [3.8, 4) is 5.75 Å². The second-order valence-corrected chi connectivity index (χ2v) is 6.08. The van der Waals surface area contributed by atoms with Crippen LogP contribution >= 0.6 is 0 Å². The first kappa shape index (κ1) is 15.8. The van der Waals surface area contributed by atoms with Gasteiger partial charge in [-0.05, 0) is 75.9 Å². The summed E-state index contributed by atoms with van der Waals surface area (Å²) >= 11 is 0. The topological polar surface area (TPSA) is 50.4 Å². The van der Waals surface area contributed by atoms with Gasteiger partial charge in [0.05, 0.1) is 11.8 Å². The van der Waals surface area contributed by atoms with Crippen LogP contribution in [0.5, 0.6) is 5.75 Å². The molecule has 0 atom stereocenters. The number of nitrogens with one attached hydrogen (secondary N) is 2. The third kappa shape index (κ3) is 4.21. The molecule has 1 heterocycles. The van der Waals surface area contributed by atoms with Gasteiger partial charge in [-0.1, -0.05) is 0 Å². The summed E-state index contributed by atoms with van der Waals surface area (Å²) in [6.07, 6.45) is 2.39. The van der Waals surface area contributed by atoms with Crippen LogP contribution < -0.4 is 15.4 Å². The molecule has 2 N–H and O–H groups in total. The summed E-state index contributed by atoms with van der Waals surface area (Å²) in [7, 11) is 0. The van der Waals surface area contributed by atoms with Crippen molar-refractivity contribution in [2.24, 2.45) is 0 Å². The predicted molar refractivity (Wildman–Crippen MR) is 86.1 cm³/mol. The molecule has 0 aromatic heterocycles. The monoisotopic (exact) mass is 290 g/mol. The van der Waals surface area contributed by atoms with Crippen molar-refractivity contribution < 1.29 is 9.53 Å². The molecule has 0 spiro atoms. The maximum Gasteiger partial charge on any atom is 0.221 e. The molecule has 1 aliphatic rings. The fourth-order valence-electron chi connectivity index (χ4n) is 2.92. The van der Waals surface area contributed by atoms with E-state index in [0.29, 0.717) is 5.92 Å². The number of amides is 1. The molecule has 1 aliphatic heterocycles. The van der Waals surface area contributed by atoms with Crippen LogP contribution in [-0.4, -0.2) is 25.1 Å². The number of hydrogen-bond acceptors (Lipinski definition) is 3. The van der Waals surface area contributed by atoms with Crippen LogP contribution in [0.3, 0.4) is 0 Å². The van der Waals surface area contributed by atoms with Crippen LogP contribution in [0.2, 0.25) is 0 Å². The molecule has 1 aromatic carbocycles. The lowest BCUT2D eigenvalue weighted by molar-refractivity contribution is -0.114. The van der Waals surface area contributed by atoms with Gasteiger partial charge in [-0.25, -0.2) is 0 Å². The summed E-state index contributed by atoms with van der Waals surface area (Å²) in [6.45, 7) is 9.77. The molecule has 0 bridgehead atoms. The average Bonchev–Trinajstić information content (AvgIpc) is 2.41. The van der Waals surface area contributed by atoms with Gasteiger partial charge in [0.2, 0.25) is 5.91 Å². The normalized spacial score (nSPS) is 16.0. The van der Waals surface area contributed by atoms with E-state index in [9.17, 15) is 4.79 Å². The van der Waals surface area contributed by atoms with E-state index in [1.807, 2.05) is 19.9 Å². The Hall–Kier alpha value is -1.55. The predicted octanol–water partition coefficient (Wildman–Crippen LogP) is 3.21. The standard InChI is InChI=1S/C17H26N2O2/c1-11(2)21-17-10-15(14-5-7-18-8-6-14)12(3)9-16(17)19-13(4)20/h9-11,14,18H,5-8H2,1-4H3,(H,19,20). The van der Waals surface area contributed by atoms with Gasteiger partial charge in [0.1, 0.15) is 5.75 Å². The maximum atomic E-state index is 11.4. The fourth-order valence-corrected chi connectivity index (χ4v) is 2.92. The molecule has 116 valence electrons. The highest BCUT2D eigenvalue weighted by molar-refractivity contribution is 5.90. The van der Waals surface area contributed by atoms with E-state index in [1.165, 1.54) is 18.1 Å². The minimum Gasteiger partial charge on any atom is -0.489 e. The Bertz CT molecular complexity index is 506. The minimum absolute atomic E-state index is 0.0716. The van der Waals surface area contributed by atoms with Crippen LogP contribution in [-0.2, 0) is 4.79 Å². The lowest BCUT2D eigenvalue weighted by Gasteiger charge is -2.26. The highest BCUT2D eigenvalue weighted by Crippen LogP contribution is 2.36. The summed E-state index contributed by atoms with van der Waals surface area (Å²) < 4.78 is 5.90. The van der Waals surface area contributed by atoms with Crippen LogP contribution in [0, 0.1) is 6.92 Å².